The van der Waals surface area contributed by atoms with Gasteiger partial charge < -0.3 is 14.2 Å². The highest BCUT2D eigenvalue weighted by Crippen LogP contribution is 2.18. The molecule has 0 fully saturated rings. The maximum Gasteiger partial charge on any atom is 0.306 e. The van der Waals surface area contributed by atoms with Crippen molar-refractivity contribution in [1.82, 2.24) is 0 Å². The zero-order chi connectivity index (χ0) is 55.0. The van der Waals surface area contributed by atoms with Gasteiger partial charge in [-0.15, -0.1) is 0 Å². The van der Waals surface area contributed by atoms with Gasteiger partial charge in [0.1, 0.15) is 13.2 Å². The zero-order valence-electron chi connectivity index (χ0n) is 51.0. The molecule has 0 saturated carbocycles. The Labute approximate surface area is 473 Å². The predicted molar refractivity (Wildman–Crippen MR) is 330 cm³/mol. The standard InChI is InChI=1S/C70H128O6/c1-4-7-10-13-16-19-22-25-28-30-32-34-35-37-38-40-42-45-48-51-54-57-60-63-69(72)75-66-67(65-74-68(71)62-59-56-53-50-47-44-27-24-21-18-15-12-9-6-3)76-70(73)64-61-58-55-52-49-46-43-41-39-36-33-31-29-26-23-20-17-14-11-8-5-2/h15,18,23-24,26-27,31,33,67H,4-14,16-17,19-22,25,28-30,32,34-66H2,1-3H3/b18-15-,26-23-,27-24-,33-31-. The first-order valence-corrected chi connectivity index (χ1v) is 33.6. The summed E-state index contributed by atoms with van der Waals surface area (Å²) in [6, 6.07) is 0. The van der Waals surface area contributed by atoms with Gasteiger partial charge in [-0.05, 0) is 77.0 Å². The third-order valence-corrected chi connectivity index (χ3v) is 15.1. The van der Waals surface area contributed by atoms with E-state index in [2.05, 4.69) is 69.4 Å². The highest BCUT2D eigenvalue weighted by atomic mass is 16.6. The number of unbranched alkanes of at least 4 members (excludes halogenated alkanes) is 43. The number of carbonyl (C=O) groups is 3. The second-order valence-corrected chi connectivity index (χ2v) is 22.7. The van der Waals surface area contributed by atoms with Gasteiger partial charge in [0.05, 0.1) is 0 Å². The lowest BCUT2D eigenvalue weighted by Crippen LogP contribution is -2.30. The average molecular weight is 1070 g/mol. The monoisotopic (exact) mass is 1060 g/mol. The molecule has 0 aromatic carbocycles. The minimum atomic E-state index is -0.781. The summed E-state index contributed by atoms with van der Waals surface area (Å²) in [4.78, 5) is 38.4. The van der Waals surface area contributed by atoms with Crippen LogP contribution in [0.15, 0.2) is 48.6 Å². The molecule has 444 valence electrons. The molecule has 0 aliphatic heterocycles. The normalized spacial score (nSPS) is 12.3. The SMILES string of the molecule is CCCC/C=C\C/C=C\CCCCCCCC(=O)OCC(COC(=O)CCCCCCCCCCCCCCCCCCCCCCCCC)OC(=O)CCCCCCCCCCC/C=C\C/C=C\CCCCCCC. The smallest absolute Gasteiger partial charge is 0.306 e. The first-order valence-electron chi connectivity index (χ1n) is 33.6. The molecule has 1 atom stereocenters. The molecule has 76 heavy (non-hydrogen) atoms. The Hall–Kier alpha value is -2.63. The van der Waals surface area contributed by atoms with Gasteiger partial charge in [0.25, 0.3) is 0 Å². The quantitative estimate of drug-likeness (QED) is 0.0261. The Bertz CT molecular complexity index is 1310. The highest BCUT2D eigenvalue weighted by Gasteiger charge is 2.19. The number of allylic oxidation sites excluding steroid dienone is 8. The summed E-state index contributed by atoms with van der Waals surface area (Å²) in [7, 11) is 0. The van der Waals surface area contributed by atoms with E-state index in [-0.39, 0.29) is 31.1 Å². The summed E-state index contributed by atoms with van der Waals surface area (Å²) in [6.45, 7) is 6.64. The van der Waals surface area contributed by atoms with Crippen LogP contribution < -0.4 is 0 Å². The Kier molecular flexibility index (Phi) is 62.6. The summed E-state index contributed by atoms with van der Waals surface area (Å²) in [5.41, 5.74) is 0. The van der Waals surface area contributed by atoms with Crippen molar-refractivity contribution in [3.05, 3.63) is 48.6 Å². The largest absolute Gasteiger partial charge is 0.462 e. The number of ether oxygens (including phenoxy) is 3. The van der Waals surface area contributed by atoms with E-state index in [0.29, 0.717) is 19.3 Å². The second-order valence-electron chi connectivity index (χ2n) is 22.7. The van der Waals surface area contributed by atoms with Gasteiger partial charge >= 0.3 is 17.9 Å². The van der Waals surface area contributed by atoms with Crippen molar-refractivity contribution in [3.8, 4) is 0 Å². The molecule has 0 aliphatic carbocycles. The molecule has 0 bridgehead atoms. The first kappa shape index (κ1) is 73.4. The van der Waals surface area contributed by atoms with Crippen LogP contribution in [-0.4, -0.2) is 37.2 Å². The summed E-state index contributed by atoms with van der Waals surface area (Å²) in [6.07, 6.45) is 81.3. The van der Waals surface area contributed by atoms with Crippen molar-refractivity contribution in [1.29, 1.82) is 0 Å². The van der Waals surface area contributed by atoms with Crippen LogP contribution in [0.1, 0.15) is 361 Å². The molecule has 6 heteroatoms. The van der Waals surface area contributed by atoms with Crippen LogP contribution in [0.2, 0.25) is 0 Å². The zero-order valence-corrected chi connectivity index (χ0v) is 51.0. The topological polar surface area (TPSA) is 78.9 Å². The van der Waals surface area contributed by atoms with E-state index in [1.54, 1.807) is 0 Å². The lowest BCUT2D eigenvalue weighted by molar-refractivity contribution is -0.167. The molecular weight excluding hydrogens is 937 g/mol. The van der Waals surface area contributed by atoms with Crippen LogP contribution in [0, 0.1) is 0 Å². The summed E-state index contributed by atoms with van der Waals surface area (Å²) in [5.74, 6) is -0.872. The van der Waals surface area contributed by atoms with Gasteiger partial charge in [-0.2, -0.15) is 0 Å². The number of hydrogen-bond acceptors (Lipinski definition) is 6. The fourth-order valence-electron chi connectivity index (χ4n) is 9.96. The third kappa shape index (κ3) is 62.2. The lowest BCUT2D eigenvalue weighted by Gasteiger charge is -2.18. The molecule has 0 aromatic rings. The summed E-state index contributed by atoms with van der Waals surface area (Å²) >= 11 is 0. The molecule has 0 aliphatic rings. The van der Waals surface area contributed by atoms with Crippen molar-refractivity contribution < 1.29 is 28.6 Å². The highest BCUT2D eigenvalue weighted by molar-refractivity contribution is 5.71. The van der Waals surface area contributed by atoms with Crippen molar-refractivity contribution in [3.63, 3.8) is 0 Å². The van der Waals surface area contributed by atoms with Crippen LogP contribution in [-0.2, 0) is 28.6 Å². The van der Waals surface area contributed by atoms with Crippen LogP contribution in [0.25, 0.3) is 0 Å². The van der Waals surface area contributed by atoms with Crippen molar-refractivity contribution in [2.75, 3.05) is 13.2 Å². The van der Waals surface area contributed by atoms with Gasteiger partial charge in [-0.1, -0.05) is 313 Å². The number of hydrogen-bond donors (Lipinski definition) is 0. The fourth-order valence-corrected chi connectivity index (χ4v) is 9.96. The number of rotatable bonds is 62. The van der Waals surface area contributed by atoms with Crippen LogP contribution in [0.3, 0.4) is 0 Å². The molecular formula is C70H128O6. The molecule has 0 heterocycles. The Morgan fingerprint density at radius 2 is 0.487 bits per heavy atom. The van der Waals surface area contributed by atoms with E-state index in [0.717, 1.165) is 83.5 Å². The molecule has 0 N–H and O–H groups in total. The van der Waals surface area contributed by atoms with E-state index in [1.807, 2.05) is 0 Å². The Balaban J connectivity index is 4.29. The van der Waals surface area contributed by atoms with Crippen molar-refractivity contribution in [2.24, 2.45) is 0 Å². The molecule has 0 rings (SSSR count). The average Bonchev–Trinajstić information content (AvgIpc) is 3.42. The molecule has 1 unspecified atom stereocenters. The fraction of sp³-hybridized carbons (Fsp3) is 0.843. The van der Waals surface area contributed by atoms with E-state index < -0.39 is 6.10 Å². The minimum Gasteiger partial charge on any atom is -0.462 e. The maximum atomic E-state index is 12.9. The van der Waals surface area contributed by atoms with Crippen molar-refractivity contribution in [2.45, 2.75) is 367 Å². The van der Waals surface area contributed by atoms with E-state index in [1.165, 1.54) is 238 Å². The van der Waals surface area contributed by atoms with E-state index in [9.17, 15) is 14.4 Å². The van der Waals surface area contributed by atoms with E-state index in [4.69, 9.17) is 14.2 Å². The van der Waals surface area contributed by atoms with Gasteiger partial charge in [0.2, 0.25) is 0 Å². The first-order chi connectivity index (χ1) is 37.5. The summed E-state index contributed by atoms with van der Waals surface area (Å²) < 4.78 is 17.0. The molecule has 0 saturated heterocycles. The van der Waals surface area contributed by atoms with Crippen molar-refractivity contribution >= 4 is 17.9 Å². The van der Waals surface area contributed by atoms with Crippen LogP contribution in [0.4, 0.5) is 0 Å². The lowest BCUT2D eigenvalue weighted by atomic mass is 10.0. The number of esters is 3. The van der Waals surface area contributed by atoms with Crippen LogP contribution in [0.5, 0.6) is 0 Å². The second kappa shape index (κ2) is 64.9. The molecule has 0 spiro atoms. The summed E-state index contributed by atoms with van der Waals surface area (Å²) in [5, 5.41) is 0. The predicted octanol–water partition coefficient (Wildman–Crippen LogP) is 22.9. The molecule has 0 aromatic heterocycles. The minimum absolute atomic E-state index is 0.0757. The van der Waals surface area contributed by atoms with Crippen LogP contribution >= 0.6 is 0 Å². The van der Waals surface area contributed by atoms with Gasteiger partial charge in [-0.25, -0.2) is 0 Å². The molecule has 0 amide bonds. The Morgan fingerprint density at radius 1 is 0.263 bits per heavy atom. The number of carbonyl (C=O) groups excluding carboxylic acids is 3. The Morgan fingerprint density at radius 3 is 0.763 bits per heavy atom. The third-order valence-electron chi connectivity index (χ3n) is 15.1. The molecule has 0 radical (unpaired) electrons. The maximum absolute atomic E-state index is 12.9. The van der Waals surface area contributed by atoms with E-state index >= 15 is 0 Å². The van der Waals surface area contributed by atoms with Gasteiger partial charge in [0.15, 0.2) is 6.10 Å². The molecule has 6 nitrogen and oxygen atoms in total. The van der Waals surface area contributed by atoms with Gasteiger partial charge in [-0.3, -0.25) is 14.4 Å². The van der Waals surface area contributed by atoms with Gasteiger partial charge in [0, 0.05) is 19.3 Å².